The molecule has 2 aromatic rings. The Morgan fingerprint density at radius 2 is 1.68 bits per heavy atom. The Labute approximate surface area is 180 Å². The predicted molar refractivity (Wildman–Crippen MR) is 114 cm³/mol. The molecule has 0 fully saturated rings. The van der Waals surface area contributed by atoms with E-state index in [9.17, 15) is 9.90 Å². The number of rotatable bonds is 7. The molecule has 1 aliphatic rings. The molecular formula is C22H28N2O7. The molecule has 0 aromatic heterocycles. The zero-order valence-electron chi connectivity index (χ0n) is 18.3. The van der Waals surface area contributed by atoms with Gasteiger partial charge in [0.2, 0.25) is 5.75 Å². The lowest BCUT2D eigenvalue weighted by Gasteiger charge is -2.45. The molecule has 0 aliphatic carbocycles. The average Bonchev–Trinajstić information content (AvgIpc) is 2.80. The first-order chi connectivity index (χ1) is 14.8. The first kappa shape index (κ1) is 22.5. The third kappa shape index (κ3) is 3.39. The molecule has 31 heavy (non-hydrogen) atoms. The van der Waals surface area contributed by atoms with E-state index in [-0.39, 0.29) is 0 Å². The first-order valence-electron chi connectivity index (χ1n) is 9.75. The van der Waals surface area contributed by atoms with Gasteiger partial charge in [0.25, 0.3) is 0 Å². The van der Waals surface area contributed by atoms with Gasteiger partial charge in [-0.15, -0.1) is 0 Å². The third-order valence-electron chi connectivity index (χ3n) is 5.86. The third-order valence-corrected chi connectivity index (χ3v) is 5.86. The van der Waals surface area contributed by atoms with Gasteiger partial charge in [0.15, 0.2) is 17.0 Å². The van der Waals surface area contributed by atoms with Gasteiger partial charge in [0, 0.05) is 5.41 Å². The number of fused-ring (bicyclic) bond motifs is 2. The Morgan fingerprint density at radius 1 is 1.03 bits per heavy atom. The van der Waals surface area contributed by atoms with Gasteiger partial charge in [-0.3, -0.25) is 0 Å². The van der Waals surface area contributed by atoms with Crippen LogP contribution in [0, 0.1) is 0 Å². The smallest absolute Gasteiger partial charge is 0.355 e. The fraction of sp³-hybridized carbons (Fsp3) is 0.409. The first-order valence-corrected chi connectivity index (χ1v) is 9.75. The summed E-state index contributed by atoms with van der Waals surface area (Å²) in [5, 5.41) is 10.3. The highest BCUT2D eigenvalue weighted by Crippen LogP contribution is 2.49. The number of aliphatic hydroxyl groups excluding tert-OH is 1. The lowest BCUT2D eigenvalue weighted by Crippen LogP contribution is -2.66. The van der Waals surface area contributed by atoms with Gasteiger partial charge in [0.05, 0.1) is 34.5 Å². The second kappa shape index (κ2) is 8.52. The van der Waals surface area contributed by atoms with Crippen molar-refractivity contribution in [2.24, 2.45) is 5.73 Å². The number of nitrogens with two attached hydrogens (primary N) is 1. The quantitative estimate of drug-likeness (QED) is 0.603. The van der Waals surface area contributed by atoms with E-state index in [4.69, 9.17) is 29.5 Å². The lowest BCUT2D eigenvalue weighted by molar-refractivity contribution is -0.151. The van der Waals surface area contributed by atoms with Gasteiger partial charge in [-0.05, 0) is 49.2 Å². The number of hydrogen-bond acceptors (Lipinski definition) is 9. The molecule has 2 bridgehead atoms. The monoisotopic (exact) mass is 432 g/mol. The van der Waals surface area contributed by atoms with Gasteiger partial charge in [0.1, 0.15) is 11.4 Å². The maximum absolute atomic E-state index is 13.1. The molecular weight excluding hydrogens is 404 g/mol. The zero-order valence-corrected chi connectivity index (χ0v) is 18.3. The minimum atomic E-state index is -1.84. The van der Waals surface area contributed by atoms with Crippen molar-refractivity contribution in [2.45, 2.75) is 24.8 Å². The molecule has 9 nitrogen and oxygen atoms in total. The van der Waals surface area contributed by atoms with E-state index in [1.54, 1.807) is 37.3 Å². The summed E-state index contributed by atoms with van der Waals surface area (Å²) >= 11 is 0. The minimum absolute atomic E-state index is 0.387. The van der Waals surface area contributed by atoms with E-state index in [0.717, 1.165) is 0 Å². The molecule has 168 valence electrons. The Balaban J connectivity index is 2.36. The van der Waals surface area contributed by atoms with E-state index >= 15 is 0 Å². The zero-order chi connectivity index (χ0) is 22.8. The van der Waals surface area contributed by atoms with Crippen LogP contribution in [0.2, 0.25) is 0 Å². The molecule has 3 rings (SSSR count). The topological polar surface area (TPSA) is 122 Å². The Hall–Kier alpha value is -3.17. The summed E-state index contributed by atoms with van der Waals surface area (Å²) in [6, 6.07) is 8.75. The number of nitrogens with one attached hydrogen (secondary N) is 1. The molecule has 2 aromatic carbocycles. The number of benzene rings is 2. The molecule has 4 N–H and O–H groups in total. The van der Waals surface area contributed by atoms with Crippen LogP contribution < -0.4 is 30.2 Å². The van der Waals surface area contributed by atoms with Crippen molar-refractivity contribution in [3.05, 3.63) is 41.5 Å². The van der Waals surface area contributed by atoms with E-state index in [1.807, 2.05) is 6.92 Å². The number of anilines is 1. The fourth-order valence-corrected chi connectivity index (χ4v) is 3.87. The fourth-order valence-electron chi connectivity index (χ4n) is 3.87. The van der Waals surface area contributed by atoms with Gasteiger partial charge in [-0.2, -0.15) is 0 Å². The Bertz CT molecular complexity index is 955. The van der Waals surface area contributed by atoms with Crippen molar-refractivity contribution >= 4 is 11.7 Å². The second-order valence-corrected chi connectivity index (χ2v) is 7.30. The molecule has 0 saturated carbocycles. The molecule has 1 heterocycles. The maximum Gasteiger partial charge on any atom is 0.355 e. The largest absolute Gasteiger partial charge is 0.493 e. The van der Waals surface area contributed by atoms with Gasteiger partial charge < -0.3 is 34.6 Å². The maximum atomic E-state index is 13.1. The van der Waals surface area contributed by atoms with Crippen LogP contribution in [0.25, 0.3) is 0 Å². The summed E-state index contributed by atoms with van der Waals surface area (Å²) in [7, 11) is 4.49. The Kier molecular flexibility index (Phi) is 6.19. The van der Waals surface area contributed by atoms with Crippen molar-refractivity contribution in [1.29, 1.82) is 0 Å². The van der Waals surface area contributed by atoms with Crippen LogP contribution >= 0.6 is 0 Å². The number of ether oxygens (including phenoxy) is 4. The number of methoxy groups -OCH3 is 3. The van der Waals surface area contributed by atoms with Crippen LogP contribution in [0.15, 0.2) is 30.3 Å². The van der Waals surface area contributed by atoms with Crippen LogP contribution in [-0.2, 0) is 15.0 Å². The van der Waals surface area contributed by atoms with Crippen molar-refractivity contribution in [3.8, 4) is 23.0 Å². The van der Waals surface area contributed by atoms with Gasteiger partial charge in [-0.25, -0.2) is 10.3 Å². The number of hydrogen-bond donors (Lipinski definition) is 3. The lowest BCUT2D eigenvalue weighted by atomic mass is 9.62. The molecule has 0 radical (unpaired) electrons. The molecule has 0 saturated heterocycles. The van der Waals surface area contributed by atoms with E-state index < -0.39 is 23.5 Å². The van der Waals surface area contributed by atoms with Crippen molar-refractivity contribution in [2.75, 3.05) is 40.0 Å². The highest BCUT2D eigenvalue weighted by Gasteiger charge is 2.56. The summed E-state index contributed by atoms with van der Waals surface area (Å²) in [6.45, 7) is 3.37. The van der Waals surface area contributed by atoms with E-state index in [2.05, 4.69) is 5.48 Å². The highest BCUT2D eigenvalue weighted by atomic mass is 16.7. The highest BCUT2D eigenvalue weighted by molar-refractivity contribution is 5.87. The number of carbonyl (C=O) groups is 1. The molecule has 1 aliphatic heterocycles. The summed E-state index contributed by atoms with van der Waals surface area (Å²) in [5.74, 6) is 0.850. The van der Waals surface area contributed by atoms with Crippen LogP contribution in [0.5, 0.6) is 23.0 Å². The van der Waals surface area contributed by atoms with E-state index in [0.29, 0.717) is 46.4 Å². The Morgan fingerprint density at radius 3 is 2.19 bits per heavy atom. The van der Waals surface area contributed by atoms with E-state index in [1.165, 1.54) is 21.3 Å². The second-order valence-electron chi connectivity index (χ2n) is 7.30. The standard InChI is InChI=1S/C22H28N2O7/c1-6-30-16-8-7-13-9-15(16)24-31-20(26)22(23,12-25)21(13,2)14-10-17(27-3)19(29-5)18(11-14)28-4/h7-11,24-25H,6,12,23H2,1-5H3. The summed E-state index contributed by atoms with van der Waals surface area (Å²) in [6.07, 6.45) is 0. The molecule has 0 spiro atoms. The molecule has 9 heteroatoms. The van der Waals surface area contributed by atoms with Gasteiger partial charge in [-0.1, -0.05) is 6.07 Å². The van der Waals surface area contributed by atoms with Crippen molar-refractivity contribution in [1.82, 2.24) is 0 Å². The summed E-state index contributed by atoms with van der Waals surface area (Å²) < 4.78 is 22.0. The predicted octanol–water partition coefficient (Wildman–Crippen LogP) is 1.99. The number of aliphatic hydroxyl groups is 1. The van der Waals surface area contributed by atoms with Crippen LogP contribution in [0.1, 0.15) is 25.0 Å². The normalized spacial score (nSPS) is 22.5. The SMILES string of the molecule is CCOc1ccc2cc1NOC(=O)C(N)(CO)C2(C)c1cc(OC)c(OC)c(OC)c1. The van der Waals surface area contributed by atoms with Crippen LogP contribution in [0.4, 0.5) is 5.69 Å². The van der Waals surface area contributed by atoms with Crippen LogP contribution in [-0.4, -0.2) is 51.2 Å². The van der Waals surface area contributed by atoms with Gasteiger partial charge >= 0.3 is 5.97 Å². The number of carbonyl (C=O) groups excluding carboxylic acids is 1. The van der Waals surface area contributed by atoms with Crippen LogP contribution in [0.3, 0.4) is 0 Å². The van der Waals surface area contributed by atoms with Crippen molar-refractivity contribution < 1.29 is 33.7 Å². The average molecular weight is 432 g/mol. The van der Waals surface area contributed by atoms with Crippen molar-refractivity contribution in [3.63, 3.8) is 0 Å². The molecule has 0 amide bonds. The molecule has 2 atom stereocenters. The minimum Gasteiger partial charge on any atom is -0.493 e. The summed E-state index contributed by atoms with van der Waals surface area (Å²) in [4.78, 5) is 18.3. The molecule has 2 unspecified atom stereocenters. The summed E-state index contributed by atoms with van der Waals surface area (Å²) in [5.41, 5.74) is 7.76.